The molecule has 0 saturated heterocycles. The number of aliphatic hydroxyl groups is 1. The van der Waals surface area contributed by atoms with Gasteiger partial charge in [0.2, 0.25) is 0 Å². The fraction of sp³-hybridized carbons (Fsp3) is 0.750. The van der Waals surface area contributed by atoms with E-state index in [4.69, 9.17) is 9.47 Å². The predicted octanol–water partition coefficient (Wildman–Crippen LogP) is 1.18. The summed E-state index contributed by atoms with van der Waals surface area (Å²) in [7, 11) is 0. The van der Waals surface area contributed by atoms with E-state index in [0.717, 1.165) is 12.8 Å². The van der Waals surface area contributed by atoms with Gasteiger partial charge in [0.1, 0.15) is 17.8 Å². The lowest BCUT2D eigenvalue weighted by Crippen LogP contribution is -2.40. The van der Waals surface area contributed by atoms with E-state index in [2.05, 4.69) is 0 Å². The summed E-state index contributed by atoms with van der Waals surface area (Å²) in [6.07, 6.45) is 1.95. The second-order valence-corrected chi connectivity index (χ2v) is 4.96. The van der Waals surface area contributed by atoms with E-state index in [9.17, 15) is 9.90 Å². The van der Waals surface area contributed by atoms with E-state index in [1.54, 1.807) is 0 Å². The molecule has 0 aromatic rings. The molecule has 4 nitrogen and oxygen atoms in total. The van der Waals surface area contributed by atoms with Crippen LogP contribution >= 0.6 is 0 Å². The molecule has 0 amide bonds. The molecule has 0 spiro atoms. The molecule has 0 fully saturated rings. The van der Waals surface area contributed by atoms with Crippen LogP contribution in [0.4, 0.5) is 0 Å². The van der Waals surface area contributed by atoms with Crippen LogP contribution in [0.2, 0.25) is 0 Å². The summed E-state index contributed by atoms with van der Waals surface area (Å²) >= 11 is 0. The van der Waals surface area contributed by atoms with Gasteiger partial charge in [-0.1, -0.05) is 0 Å². The quantitative estimate of drug-likeness (QED) is 0.580. The highest BCUT2D eigenvalue weighted by Gasteiger charge is 2.53. The predicted molar refractivity (Wildman–Crippen MR) is 57.9 cm³/mol. The zero-order chi connectivity index (χ0) is 12.0. The SMILES string of the molecule is CC(=O)OC[C@@]1(C)O[C@@](C)(CO)C2=C1CC2. The molecule has 0 aromatic carbocycles. The lowest BCUT2D eigenvalue weighted by Gasteiger charge is -2.30. The molecule has 4 heteroatoms. The number of carbonyl (C=O) groups excluding carboxylic acids is 1. The van der Waals surface area contributed by atoms with Crippen LogP contribution in [0.3, 0.4) is 0 Å². The molecule has 0 unspecified atom stereocenters. The Balaban J connectivity index is 2.17. The molecular weight excluding hydrogens is 208 g/mol. The standard InChI is InChI=1S/C12H18O4/c1-8(14)15-7-12(3)10-5-4-9(10)11(2,6-13)16-12/h13H,4-7H2,1-3H3/t11-,12+/m0/s1. The normalized spacial score (nSPS) is 37.0. The van der Waals surface area contributed by atoms with Gasteiger partial charge in [-0.05, 0) is 37.8 Å². The highest BCUT2D eigenvalue weighted by Crippen LogP contribution is 2.52. The number of rotatable bonds is 3. The molecule has 16 heavy (non-hydrogen) atoms. The number of hydrogen-bond donors (Lipinski definition) is 1. The largest absolute Gasteiger partial charge is 0.462 e. The maximum atomic E-state index is 10.8. The zero-order valence-electron chi connectivity index (χ0n) is 10.0. The molecule has 1 N–H and O–H groups in total. The van der Waals surface area contributed by atoms with Crippen molar-refractivity contribution >= 4 is 5.97 Å². The maximum Gasteiger partial charge on any atom is 0.302 e. The first-order valence-corrected chi connectivity index (χ1v) is 5.59. The van der Waals surface area contributed by atoms with Gasteiger partial charge < -0.3 is 14.6 Å². The average molecular weight is 226 g/mol. The second kappa shape index (κ2) is 3.57. The van der Waals surface area contributed by atoms with Gasteiger partial charge in [-0.15, -0.1) is 0 Å². The number of hydrogen-bond acceptors (Lipinski definition) is 4. The Morgan fingerprint density at radius 3 is 2.31 bits per heavy atom. The molecule has 0 aromatic heterocycles. The van der Waals surface area contributed by atoms with E-state index in [-0.39, 0.29) is 19.2 Å². The van der Waals surface area contributed by atoms with Crippen LogP contribution in [0.5, 0.6) is 0 Å². The van der Waals surface area contributed by atoms with Crippen LogP contribution in [0.25, 0.3) is 0 Å². The first kappa shape index (κ1) is 11.6. The van der Waals surface area contributed by atoms with Crippen LogP contribution in [0.15, 0.2) is 11.1 Å². The van der Waals surface area contributed by atoms with Crippen LogP contribution in [0, 0.1) is 0 Å². The van der Waals surface area contributed by atoms with E-state index in [0.29, 0.717) is 0 Å². The summed E-state index contributed by atoms with van der Waals surface area (Å²) in [5, 5.41) is 9.39. The first-order valence-electron chi connectivity index (χ1n) is 5.59. The average Bonchev–Trinajstić information content (AvgIpc) is 2.27. The Kier molecular flexibility index (Phi) is 2.59. The lowest BCUT2D eigenvalue weighted by atomic mass is 9.76. The third-order valence-electron chi connectivity index (χ3n) is 3.57. The number of ether oxygens (including phenoxy) is 2. The van der Waals surface area contributed by atoms with E-state index >= 15 is 0 Å². The van der Waals surface area contributed by atoms with Crippen molar-refractivity contribution in [1.82, 2.24) is 0 Å². The van der Waals surface area contributed by atoms with Crippen molar-refractivity contribution in [1.29, 1.82) is 0 Å². The van der Waals surface area contributed by atoms with Crippen molar-refractivity contribution in [2.45, 2.75) is 44.8 Å². The molecule has 90 valence electrons. The Morgan fingerprint density at radius 2 is 1.94 bits per heavy atom. The van der Waals surface area contributed by atoms with Gasteiger partial charge in [0.15, 0.2) is 0 Å². The van der Waals surface area contributed by atoms with E-state index in [1.807, 2.05) is 13.8 Å². The van der Waals surface area contributed by atoms with Gasteiger partial charge in [-0.2, -0.15) is 0 Å². The van der Waals surface area contributed by atoms with Gasteiger partial charge in [0.05, 0.1) is 6.61 Å². The minimum absolute atomic E-state index is 0.0263. The molecule has 0 bridgehead atoms. The van der Waals surface area contributed by atoms with Gasteiger partial charge >= 0.3 is 5.97 Å². The highest BCUT2D eigenvalue weighted by molar-refractivity contribution is 5.66. The molecule has 2 aliphatic rings. The van der Waals surface area contributed by atoms with Gasteiger partial charge in [0.25, 0.3) is 0 Å². The van der Waals surface area contributed by atoms with Crippen molar-refractivity contribution in [3.05, 3.63) is 11.1 Å². The summed E-state index contributed by atoms with van der Waals surface area (Å²) in [6, 6.07) is 0. The molecular formula is C12H18O4. The topological polar surface area (TPSA) is 55.8 Å². The Hall–Kier alpha value is -0.870. The molecule has 1 heterocycles. The monoisotopic (exact) mass is 226 g/mol. The van der Waals surface area contributed by atoms with Crippen molar-refractivity contribution in [3.63, 3.8) is 0 Å². The number of carbonyl (C=O) groups is 1. The third-order valence-corrected chi connectivity index (χ3v) is 3.57. The van der Waals surface area contributed by atoms with Crippen molar-refractivity contribution < 1.29 is 19.4 Å². The summed E-state index contributed by atoms with van der Waals surface area (Å²) in [5.41, 5.74) is 1.26. The summed E-state index contributed by atoms with van der Waals surface area (Å²) in [6.45, 7) is 5.41. The van der Waals surface area contributed by atoms with Gasteiger partial charge in [-0.3, -0.25) is 4.79 Å². The Bertz CT molecular complexity index is 360. The smallest absolute Gasteiger partial charge is 0.302 e. The highest BCUT2D eigenvalue weighted by atomic mass is 16.6. The van der Waals surface area contributed by atoms with E-state index in [1.165, 1.54) is 18.1 Å². The van der Waals surface area contributed by atoms with Crippen molar-refractivity contribution in [2.24, 2.45) is 0 Å². The Morgan fingerprint density at radius 1 is 1.38 bits per heavy atom. The van der Waals surface area contributed by atoms with Crippen molar-refractivity contribution in [3.8, 4) is 0 Å². The summed E-state index contributed by atoms with van der Waals surface area (Å²) in [5.74, 6) is -0.302. The summed E-state index contributed by atoms with van der Waals surface area (Å²) in [4.78, 5) is 10.8. The van der Waals surface area contributed by atoms with Gasteiger partial charge in [0, 0.05) is 6.92 Å². The molecule has 0 radical (unpaired) electrons. The minimum atomic E-state index is -0.581. The lowest BCUT2D eigenvalue weighted by molar-refractivity contribution is -0.157. The minimum Gasteiger partial charge on any atom is -0.462 e. The summed E-state index contributed by atoms with van der Waals surface area (Å²) < 4.78 is 11.0. The van der Waals surface area contributed by atoms with Crippen molar-refractivity contribution in [2.75, 3.05) is 13.2 Å². The first-order chi connectivity index (χ1) is 7.41. The number of aliphatic hydroxyl groups excluding tert-OH is 1. The van der Waals surface area contributed by atoms with Gasteiger partial charge in [-0.25, -0.2) is 0 Å². The van der Waals surface area contributed by atoms with E-state index < -0.39 is 11.2 Å². The molecule has 0 saturated carbocycles. The van der Waals surface area contributed by atoms with Crippen LogP contribution in [-0.2, 0) is 14.3 Å². The molecule has 2 rings (SSSR count). The van der Waals surface area contributed by atoms with Crippen LogP contribution < -0.4 is 0 Å². The molecule has 1 aliphatic heterocycles. The maximum absolute atomic E-state index is 10.8. The van der Waals surface area contributed by atoms with Crippen LogP contribution in [-0.4, -0.2) is 35.5 Å². The fourth-order valence-corrected chi connectivity index (χ4v) is 2.65. The molecule has 2 atom stereocenters. The fourth-order valence-electron chi connectivity index (χ4n) is 2.65. The van der Waals surface area contributed by atoms with Crippen LogP contribution in [0.1, 0.15) is 33.6 Å². The number of esters is 1. The zero-order valence-corrected chi connectivity index (χ0v) is 10.0. The Labute approximate surface area is 95.2 Å². The molecule has 1 aliphatic carbocycles. The second-order valence-electron chi connectivity index (χ2n) is 4.96. The third kappa shape index (κ3) is 1.57.